The van der Waals surface area contributed by atoms with E-state index in [1.807, 2.05) is 30.3 Å². The molecule has 0 amide bonds. The van der Waals surface area contributed by atoms with Crippen molar-refractivity contribution in [2.75, 3.05) is 18.6 Å². The minimum atomic E-state index is -0.873. The number of nitriles is 1. The van der Waals surface area contributed by atoms with Crippen LogP contribution in [0.3, 0.4) is 0 Å². The van der Waals surface area contributed by atoms with Crippen molar-refractivity contribution in [1.82, 2.24) is 9.78 Å². The molecule has 0 spiro atoms. The van der Waals surface area contributed by atoms with Crippen molar-refractivity contribution in [3.8, 4) is 11.8 Å². The van der Waals surface area contributed by atoms with E-state index in [0.29, 0.717) is 16.1 Å². The lowest BCUT2D eigenvalue weighted by atomic mass is 10.1. The summed E-state index contributed by atoms with van der Waals surface area (Å²) in [6.45, 7) is -0.642. The average Bonchev–Trinajstić information content (AvgIpc) is 3.24. The summed E-state index contributed by atoms with van der Waals surface area (Å²) in [5.74, 6) is -1.50. The molecule has 36 heavy (non-hydrogen) atoms. The van der Waals surface area contributed by atoms with Gasteiger partial charge in [-0.25, -0.2) is 4.79 Å². The number of para-hydroxylation sites is 2. The van der Waals surface area contributed by atoms with Gasteiger partial charge in [-0.3, -0.25) is 9.59 Å². The first-order valence-corrected chi connectivity index (χ1v) is 11.7. The SMILES string of the molecule is CN1/C(=C(/C#N)C(=O)COC(=O)c2nn(-c3ccccc3)c(=O)c3ccccc23)Sc2ccccc21. The first-order chi connectivity index (χ1) is 17.5. The number of benzene rings is 3. The number of nitrogens with zero attached hydrogens (tertiary/aromatic N) is 4. The molecule has 1 aromatic heterocycles. The second-order valence-corrected chi connectivity index (χ2v) is 8.90. The highest BCUT2D eigenvalue weighted by molar-refractivity contribution is 8.03. The molecule has 1 aliphatic heterocycles. The molecule has 0 bridgehead atoms. The van der Waals surface area contributed by atoms with E-state index in [1.165, 1.54) is 11.8 Å². The summed E-state index contributed by atoms with van der Waals surface area (Å²) >= 11 is 1.31. The molecule has 1 aliphatic rings. The van der Waals surface area contributed by atoms with Crippen molar-refractivity contribution < 1.29 is 14.3 Å². The summed E-state index contributed by atoms with van der Waals surface area (Å²) in [6, 6.07) is 24.8. The van der Waals surface area contributed by atoms with Crippen LogP contribution in [-0.2, 0) is 9.53 Å². The number of Topliss-reactive ketones (excluding diaryl/α,β-unsaturated/α-hetero) is 1. The number of anilines is 1. The summed E-state index contributed by atoms with van der Waals surface area (Å²) in [5, 5.41) is 15.0. The number of esters is 1. The van der Waals surface area contributed by atoms with Gasteiger partial charge < -0.3 is 9.64 Å². The van der Waals surface area contributed by atoms with Gasteiger partial charge in [-0.15, -0.1) is 0 Å². The van der Waals surface area contributed by atoms with Gasteiger partial charge >= 0.3 is 5.97 Å². The molecule has 9 heteroatoms. The number of carbonyl (C=O) groups excluding carboxylic acids is 2. The second kappa shape index (κ2) is 9.52. The number of carbonyl (C=O) groups is 2. The Balaban J connectivity index is 1.44. The Morgan fingerprint density at radius 1 is 0.972 bits per heavy atom. The van der Waals surface area contributed by atoms with E-state index >= 15 is 0 Å². The molecule has 0 saturated carbocycles. The Morgan fingerprint density at radius 3 is 2.36 bits per heavy atom. The van der Waals surface area contributed by atoms with Gasteiger partial charge in [-0.2, -0.15) is 15.0 Å². The van der Waals surface area contributed by atoms with Crippen molar-refractivity contribution in [1.29, 1.82) is 5.26 Å². The lowest BCUT2D eigenvalue weighted by Gasteiger charge is -2.15. The summed E-state index contributed by atoms with van der Waals surface area (Å²) in [6.07, 6.45) is 0. The van der Waals surface area contributed by atoms with Gasteiger partial charge in [0.1, 0.15) is 16.7 Å². The van der Waals surface area contributed by atoms with Crippen LogP contribution in [0, 0.1) is 11.3 Å². The third kappa shape index (κ3) is 4.04. The standard InChI is InChI=1S/C27H18N4O4S/c1-30-21-13-7-8-14-23(21)36-26(30)20(15-28)22(32)16-35-27(34)24-18-11-5-6-12-19(18)25(33)31(29-24)17-9-3-2-4-10-17/h2-14H,16H2,1H3/b26-20+. The summed E-state index contributed by atoms with van der Waals surface area (Å²) in [5.41, 5.74) is 0.776. The van der Waals surface area contributed by atoms with Crippen LogP contribution in [0.4, 0.5) is 5.69 Å². The molecule has 0 radical (unpaired) electrons. The topological polar surface area (TPSA) is 105 Å². The summed E-state index contributed by atoms with van der Waals surface area (Å²) in [4.78, 5) is 41.7. The molecule has 4 aromatic rings. The quantitative estimate of drug-likeness (QED) is 0.232. The first kappa shape index (κ1) is 23.1. The van der Waals surface area contributed by atoms with E-state index in [2.05, 4.69) is 5.10 Å². The number of hydrogen-bond acceptors (Lipinski definition) is 8. The minimum absolute atomic E-state index is 0.0985. The Kier molecular flexibility index (Phi) is 6.10. The molecule has 8 nitrogen and oxygen atoms in total. The summed E-state index contributed by atoms with van der Waals surface area (Å²) < 4.78 is 6.43. The lowest BCUT2D eigenvalue weighted by Crippen LogP contribution is -2.26. The molecule has 2 heterocycles. The van der Waals surface area contributed by atoms with E-state index < -0.39 is 18.4 Å². The van der Waals surface area contributed by atoms with Gasteiger partial charge in [0.05, 0.1) is 16.8 Å². The molecule has 5 rings (SSSR count). The molecular formula is C27H18N4O4S. The Labute approximate surface area is 210 Å². The highest BCUT2D eigenvalue weighted by Crippen LogP contribution is 2.46. The van der Waals surface area contributed by atoms with Crippen molar-refractivity contribution >= 4 is 40.0 Å². The monoisotopic (exact) mass is 494 g/mol. The summed E-state index contributed by atoms with van der Waals surface area (Å²) in [7, 11) is 1.77. The van der Waals surface area contributed by atoms with Gasteiger partial charge in [0.15, 0.2) is 12.3 Å². The maximum atomic E-state index is 13.1. The van der Waals surface area contributed by atoms with Crippen molar-refractivity contribution in [2.24, 2.45) is 0 Å². The minimum Gasteiger partial charge on any atom is -0.452 e. The third-order valence-corrected chi connectivity index (χ3v) is 6.91. The van der Waals surface area contributed by atoms with Crippen LogP contribution in [0.1, 0.15) is 10.5 Å². The van der Waals surface area contributed by atoms with E-state index in [0.717, 1.165) is 15.3 Å². The molecular weight excluding hydrogens is 476 g/mol. The Hall–Kier alpha value is -4.68. The highest BCUT2D eigenvalue weighted by Gasteiger charge is 2.29. The maximum absolute atomic E-state index is 13.1. The number of fused-ring (bicyclic) bond motifs is 2. The molecule has 0 unspecified atom stereocenters. The molecule has 0 fully saturated rings. The van der Waals surface area contributed by atoms with Gasteiger partial charge in [-0.1, -0.05) is 60.3 Å². The van der Waals surface area contributed by atoms with Crippen molar-refractivity contribution in [3.63, 3.8) is 0 Å². The van der Waals surface area contributed by atoms with E-state index in [9.17, 15) is 19.6 Å². The number of aromatic nitrogens is 2. The predicted molar refractivity (Wildman–Crippen MR) is 136 cm³/mol. The molecule has 0 atom stereocenters. The smallest absolute Gasteiger partial charge is 0.359 e. The number of rotatable bonds is 5. The second-order valence-electron chi connectivity index (χ2n) is 7.87. The fourth-order valence-corrected chi connectivity index (χ4v) is 5.07. The van der Waals surface area contributed by atoms with Gasteiger partial charge in [-0.05, 0) is 30.3 Å². The van der Waals surface area contributed by atoms with Crippen LogP contribution in [0.15, 0.2) is 99.2 Å². The van der Waals surface area contributed by atoms with Crippen LogP contribution < -0.4 is 10.5 Å². The molecule has 3 aromatic carbocycles. The van der Waals surface area contributed by atoms with Crippen LogP contribution in [0.25, 0.3) is 16.5 Å². The average molecular weight is 495 g/mol. The zero-order chi connectivity index (χ0) is 25.2. The van der Waals surface area contributed by atoms with Crippen LogP contribution >= 0.6 is 11.8 Å². The fraction of sp³-hybridized carbons (Fsp3) is 0.0741. The number of ether oxygens (including phenoxy) is 1. The van der Waals surface area contributed by atoms with Gasteiger partial charge in [0.25, 0.3) is 5.56 Å². The predicted octanol–water partition coefficient (Wildman–Crippen LogP) is 4.09. The number of ketones is 1. The normalized spacial score (nSPS) is 13.7. The number of hydrogen-bond donors (Lipinski definition) is 0. The zero-order valence-corrected chi connectivity index (χ0v) is 19.9. The van der Waals surface area contributed by atoms with Gasteiger partial charge in [0, 0.05) is 17.3 Å². The van der Waals surface area contributed by atoms with Crippen molar-refractivity contribution in [2.45, 2.75) is 4.90 Å². The third-order valence-electron chi connectivity index (χ3n) is 5.68. The molecule has 0 N–H and O–H groups in total. The molecule has 0 saturated heterocycles. The highest BCUT2D eigenvalue weighted by atomic mass is 32.2. The molecule has 176 valence electrons. The number of thioether (sulfide) groups is 1. The van der Waals surface area contributed by atoms with E-state index in [4.69, 9.17) is 4.74 Å². The van der Waals surface area contributed by atoms with Crippen LogP contribution in [0.2, 0.25) is 0 Å². The Bertz CT molecular complexity index is 1650. The Morgan fingerprint density at radius 2 is 1.64 bits per heavy atom. The van der Waals surface area contributed by atoms with Crippen molar-refractivity contribution in [3.05, 3.63) is 106 Å². The van der Waals surface area contributed by atoms with E-state index in [-0.39, 0.29) is 22.2 Å². The van der Waals surface area contributed by atoms with Gasteiger partial charge in [0.2, 0.25) is 5.78 Å². The first-order valence-electron chi connectivity index (χ1n) is 10.9. The van der Waals surface area contributed by atoms with E-state index in [1.54, 1.807) is 66.5 Å². The zero-order valence-electron chi connectivity index (χ0n) is 19.0. The molecule has 0 aliphatic carbocycles. The maximum Gasteiger partial charge on any atom is 0.359 e. The largest absolute Gasteiger partial charge is 0.452 e. The van der Waals surface area contributed by atoms with Crippen LogP contribution in [-0.4, -0.2) is 35.2 Å². The van der Waals surface area contributed by atoms with Crippen LogP contribution in [0.5, 0.6) is 0 Å². The fourth-order valence-electron chi connectivity index (χ4n) is 3.91. The lowest BCUT2D eigenvalue weighted by molar-refractivity contribution is -0.118.